The Bertz CT molecular complexity index is 1820. The number of nitrogens with zero attached hydrogens (tertiary/aromatic N) is 2. The first-order valence-electron chi connectivity index (χ1n) is 15.8. The number of halogens is 2. The maximum atomic E-state index is 15.2. The molecule has 0 bridgehead atoms. The summed E-state index contributed by atoms with van der Waals surface area (Å²) in [4.78, 5) is 42.1. The molecule has 3 aromatic carbocycles. The smallest absolute Gasteiger partial charge is 0.262 e. The zero-order valence-electron chi connectivity index (χ0n) is 27.3. The van der Waals surface area contributed by atoms with Crippen molar-refractivity contribution in [3.63, 3.8) is 0 Å². The van der Waals surface area contributed by atoms with Crippen molar-refractivity contribution in [2.75, 3.05) is 50.7 Å². The normalized spacial score (nSPS) is 14.7. The van der Waals surface area contributed by atoms with Crippen LogP contribution in [0.5, 0.6) is 23.0 Å². The van der Waals surface area contributed by atoms with Gasteiger partial charge in [-0.3, -0.25) is 24.4 Å². The zero-order chi connectivity index (χ0) is 35.0. The number of benzene rings is 3. The number of methoxy groups -OCH3 is 1. The third-order valence-electron chi connectivity index (χ3n) is 7.77. The largest absolute Gasteiger partial charge is 0.493 e. The van der Waals surface area contributed by atoms with Crippen LogP contribution in [0.1, 0.15) is 26.7 Å². The molecule has 3 N–H and O–H groups in total. The number of nitrogens with one attached hydrogen (secondary N) is 3. The SMILES string of the molecule is CC.COc1cc2c(Oc3ccc(NC(=O)C4(C(=O)Nc5ccc(F)cc5)CC4)cc3F)ccnc2cc1OCCNN1CCOCC1=O. The van der Waals surface area contributed by atoms with E-state index in [1.165, 1.54) is 54.7 Å². The lowest BCUT2D eigenvalue weighted by Gasteiger charge is -2.27. The number of pyridine rings is 1. The van der Waals surface area contributed by atoms with Gasteiger partial charge in [-0.2, -0.15) is 0 Å². The quantitative estimate of drug-likeness (QED) is 0.132. The number of anilines is 2. The van der Waals surface area contributed by atoms with Crippen LogP contribution in [0, 0.1) is 17.0 Å². The van der Waals surface area contributed by atoms with Gasteiger partial charge >= 0.3 is 0 Å². The minimum atomic E-state index is -1.30. The van der Waals surface area contributed by atoms with Gasteiger partial charge in [0.1, 0.15) is 30.2 Å². The van der Waals surface area contributed by atoms with Crippen molar-refractivity contribution in [2.24, 2.45) is 5.41 Å². The maximum Gasteiger partial charge on any atom is 0.262 e. The van der Waals surface area contributed by atoms with E-state index in [1.54, 1.807) is 18.2 Å². The number of amides is 3. The fourth-order valence-corrected chi connectivity index (χ4v) is 5.01. The fraction of sp³-hybridized carbons (Fsp3) is 0.314. The Balaban J connectivity index is 0.00000230. The summed E-state index contributed by atoms with van der Waals surface area (Å²) in [7, 11) is 1.49. The summed E-state index contributed by atoms with van der Waals surface area (Å²) < 4.78 is 50.9. The van der Waals surface area contributed by atoms with Crippen molar-refractivity contribution in [1.29, 1.82) is 0 Å². The molecule has 4 aromatic rings. The summed E-state index contributed by atoms with van der Waals surface area (Å²) in [6, 6.07) is 14.1. The molecule has 3 amide bonds. The second-order valence-electron chi connectivity index (χ2n) is 10.9. The Morgan fingerprint density at radius 1 is 0.918 bits per heavy atom. The first-order valence-corrected chi connectivity index (χ1v) is 15.8. The number of ether oxygens (including phenoxy) is 4. The summed E-state index contributed by atoms with van der Waals surface area (Å²) in [6.45, 7) is 5.54. The van der Waals surface area contributed by atoms with Crippen LogP contribution in [0.3, 0.4) is 0 Å². The highest BCUT2D eigenvalue weighted by atomic mass is 19.1. The number of carbonyl (C=O) groups excluding carboxylic acids is 3. The average molecular weight is 678 g/mol. The van der Waals surface area contributed by atoms with Crippen LogP contribution in [-0.2, 0) is 19.1 Å². The average Bonchev–Trinajstić information content (AvgIpc) is 3.93. The summed E-state index contributed by atoms with van der Waals surface area (Å²) in [5.74, 6) is -1.41. The molecular weight excluding hydrogens is 640 g/mol. The van der Waals surface area contributed by atoms with Crippen molar-refractivity contribution in [2.45, 2.75) is 26.7 Å². The molecule has 0 unspecified atom stereocenters. The number of morpholine rings is 1. The number of hydrazine groups is 1. The van der Waals surface area contributed by atoms with Crippen molar-refractivity contribution >= 4 is 40.0 Å². The van der Waals surface area contributed by atoms with Crippen LogP contribution in [0.4, 0.5) is 20.2 Å². The van der Waals surface area contributed by atoms with E-state index in [4.69, 9.17) is 18.9 Å². The minimum absolute atomic E-state index is 0.0365. The number of hydrogen-bond acceptors (Lipinski definition) is 9. The van der Waals surface area contributed by atoms with E-state index in [0.717, 1.165) is 6.07 Å². The summed E-state index contributed by atoms with van der Waals surface area (Å²) >= 11 is 0. The zero-order valence-corrected chi connectivity index (χ0v) is 27.3. The fourth-order valence-electron chi connectivity index (χ4n) is 5.01. The molecule has 1 aliphatic heterocycles. The van der Waals surface area contributed by atoms with Gasteiger partial charge in [0.05, 0.1) is 25.8 Å². The first-order chi connectivity index (χ1) is 23.8. The molecule has 0 radical (unpaired) electrons. The van der Waals surface area contributed by atoms with Crippen molar-refractivity contribution < 1.29 is 42.1 Å². The van der Waals surface area contributed by atoms with E-state index in [2.05, 4.69) is 21.0 Å². The topological polar surface area (TPSA) is 140 Å². The summed E-state index contributed by atoms with van der Waals surface area (Å²) in [5, 5.41) is 7.29. The van der Waals surface area contributed by atoms with E-state index in [-0.39, 0.29) is 30.6 Å². The lowest BCUT2D eigenvalue weighted by Crippen LogP contribution is -2.50. The van der Waals surface area contributed by atoms with Crippen molar-refractivity contribution in [3.05, 3.63) is 78.5 Å². The van der Waals surface area contributed by atoms with Gasteiger partial charge in [-0.05, 0) is 61.4 Å². The highest BCUT2D eigenvalue weighted by Gasteiger charge is 2.56. The first kappa shape index (κ1) is 35.0. The highest BCUT2D eigenvalue weighted by Crippen LogP contribution is 2.47. The number of carbonyl (C=O) groups is 3. The Morgan fingerprint density at radius 3 is 2.31 bits per heavy atom. The van der Waals surface area contributed by atoms with Crippen molar-refractivity contribution in [3.8, 4) is 23.0 Å². The molecular formula is C35H37F2N5O7. The van der Waals surface area contributed by atoms with Gasteiger partial charge in [0.2, 0.25) is 11.8 Å². The molecule has 2 fully saturated rings. The Hall–Kier alpha value is -5.34. The minimum Gasteiger partial charge on any atom is -0.493 e. The third-order valence-corrected chi connectivity index (χ3v) is 7.77. The summed E-state index contributed by atoms with van der Waals surface area (Å²) in [5.41, 5.74) is 2.74. The number of hydrogen-bond donors (Lipinski definition) is 3. The molecule has 0 atom stereocenters. The van der Waals surface area contributed by atoms with Gasteiger partial charge in [-0.25, -0.2) is 14.2 Å². The molecule has 0 spiro atoms. The molecule has 6 rings (SSSR count). The predicted molar refractivity (Wildman–Crippen MR) is 177 cm³/mol. The standard InChI is InChI=1S/C33H31F2N5O7.C2H6/c1-44-28-17-23-25(18-29(28)46-14-12-37-40-13-15-45-19-30(40)41)36-11-8-26(23)47-27-7-6-22(16-24(27)35)39-32(43)33(9-10-33)31(42)38-21-4-2-20(34)3-5-21;1-2/h2-8,11,16-18,37H,9-10,12-15,19H2,1H3,(H,38,42)(H,39,43);1-2H3. The molecule has 2 heterocycles. The van der Waals surface area contributed by atoms with Crippen LogP contribution < -0.4 is 30.3 Å². The van der Waals surface area contributed by atoms with Gasteiger partial charge in [-0.1, -0.05) is 13.8 Å². The molecule has 14 heteroatoms. The molecule has 1 aromatic heterocycles. The Kier molecular flexibility index (Phi) is 11.2. The molecule has 258 valence electrons. The van der Waals surface area contributed by atoms with E-state index in [9.17, 15) is 18.8 Å². The van der Waals surface area contributed by atoms with Crippen LogP contribution in [0.15, 0.2) is 66.9 Å². The van der Waals surface area contributed by atoms with Crippen LogP contribution in [-0.4, -0.2) is 67.7 Å². The molecule has 49 heavy (non-hydrogen) atoms. The monoisotopic (exact) mass is 677 g/mol. The van der Waals surface area contributed by atoms with Gasteiger partial charge in [0.15, 0.2) is 23.1 Å². The van der Waals surface area contributed by atoms with E-state index >= 15 is 4.39 Å². The molecule has 2 aliphatic rings. The van der Waals surface area contributed by atoms with Crippen LogP contribution >= 0.6 is 0 Å². The second kappa shape index (κ2) is 15.7. The lowest BCUT2D eigenvalue weighted by atomic mass is 10.0. The van der Waals surface area contributed by atoms with E-state index in [0.29, 0.717) is 66.4 Å². The highest BCUT2D eigenvalue weighted by molar-refractivity contribution is 6.16. The Labute approximate surface area is 281 Å². The van der Waals surface area contributed by atoms with Crippen molar-refractivity contribution in [1.82, 2.24) is 15.4 Å². The van der Waals surface area contributed by atoms with Gasteiger partial charge < -0.3 is 29.6 Å². The van der Waals surface area contributed by atoms with Crippen LogP contribution in [0.2, 0.25) is 0 Å². The Morgan fingerprint density at radius 2 is 1.63 bits per heavy atom. The maximum absolute atomic E-state index is 15.2. The van der Waals surface area contributed by atoms with Gasteiger partial charge in [0, 0.05) is 41.6 Å². The summed E-state index contributed by atoms with van der Waals surface area (Å²) in [6.07, 6.45) is 2.17. The van der Waals surface area contributed by atoms with E-state index < -0.39 is 28.9 Å². The molecule has 1 saturated carbocycles. The van der Waals surface area contributed by atoms with Crippen LogP contribution in [0.25, 0.3) is 10.9 Å². The van der Waals surface area contributed by atoms with E-state index in [1.807, 2.05) is 13.8 Å². The molecule has 1 aliphatic carbocycles. The molecule has 12 nitrogen and oxygen atoms in total. The number of rotatable bonds is 12. The number of fused-ring (bicyclic) bond motifs is 1. The number of aromatic nitrogens is 1. The predicted octanol–water partition coefficient (Wildman–Crippen LogP) is 5.44. The lowest BCUT2D eigenvalue weighted by molar-refractivity contribution is -0.146. The van der Waals surface area contributed by atoms with Gasteiger partial charge in [-0.15, -0.1) is 0 Å². The second-order valence-corrected chi connectivity index (χ2v) is 10.9. The molecule has 1 saturated heterocycles. The van der Waals surface area contributed by atoms with Gasteiger partial charge in [0.25, 0.3) is 5.91 Å². The third kappa shape index (κ3) is 8.21.